The molecule has 0 bridgehead atoms. The van der Waals surface area contributed by atoms with Gasteiger partial charge in [-0.1, -0.05) is 48.5 Å². The van der Waals surface area contributed by atoms with Crippen LogP contribution in [0, 0.1) is 6.92 Å². The normalized spacial score (nSPS) is 11.2. The highest BCUT2D eigenvalue weighted by Crippen LogP contribution is 2.23. The zero-order valence-electron chi connectivity index (χ0n) is 20.5. The molecule has 0 spiro atoms. The maximum atomic E-state index is 6.08. The van der Waals surface area contributed by atoms with Crippen molar-refractivity contribution in [1.29, 1.82) is 0 Å². The predicted octanol–water partition coefficient (Wildman–Crippen LogP) is 4.79. The van der Waals surface area contributed by atoms with Gasteiger partial charge in [0.1, 0.15) is 11.7 Å². The summed E-state index contributed by atoms with van der Waals surface area (Å²) in [6.45, 7) is 9.98. The zero-order chi connectivity index (χ0) is 22.5. The van der Waals surface area contributed by atoms with Crippen LogP contribution < -0.4 is 11.5 Å². The molecule has 7 nitrogen and oxygen atoms in total. The van der Waals surface area contributed by atoms with Crippen LogP contribution in [-0.2, 0) is 0 Å². The van der Waals surface area contributed by atoms with Crippen molar-refractivity contribution < 1.29 is 5.48 Å². The average molecular weight is 542 g/mol. The van der Waals surface area contributed by atoms with Gasteiger partial charge in [0.15, 0.2) is 5.82 Å². The number of rotatable bonds is 6. The lowest BCUT2D eigenvalue weighted by Crippen LogP contribution is -2.15. The fourth-order valence-corrected chi connectivity index (χ4v) is 3.15. The summed E-state index contributed by atoms with van der Waals surface area (Å²) >= 11 is 0. The third-order valence-corrected chi connectivity index (χ3v) is 4.56. The summed E-state index contributed by atoms with van der Waals surface area (Å²) in [7, 11) is 0. The molecule has 0 aliphatic carbocycles. The molecule has 10 heteroatoms. The van der Waals surface area contributed by atoms with Crippen molar-refractivity contribution in [3.05, 3.63) is 71.4 Å². The highest BCUT2D eigenvalue weighted by molar-refractivity contribution is 5.98. The molecule has 0 fully saturated rings. The second-order valence-corrected chi connectivity index (χ2v) is 8.09. The van der Waals surface area contributed by atoms with Crippen LogP contribution in [0.2, 0.25) is 0 Å². The molecule has 192 valence electrons. The molecule has 2 aromatic carbocycles. The third kappa shape index (κ3) is 9.45. The molecule has 0 saturated carbocycles. The Labute approximate surface area is 226 Å². The van der Waals surface area contributed by atoms with Crippen LogP contribution >= 0.6 is 37.2 Å². The number of benzene rings is 2. The minimum absolute atomic E-state index is 0. The Morgan fingerprint density at radius 1 is 0.686 bits per heavy atom. The lowest BCUT2D eigenvalue weighted by Gasteiger charge is -2.09. The Morgan fingerprint density at radius 2 is 1.09 bits per heavy atom. The summed E-state index contributed by atoms with van der Waals surface area (Å²) in [4.78, 5) is 18.2. The number of halogens is 3. The molecule has 0 aliphatic rings. The lowest BCUT2D eigenvalue weighted by atomic mass is 10.1. The monoisotopic (exact) mass is 540 g/mol. The van der Waals surface area contributed by atoms with Gasteiger partial charge in [0.25, 0.3) is 0 Å². The number of nitrogens with two attached hydrogens (primary N) is 2. The standard InChI is InChI=1S/C25H30N6.3ClH.H2O/c1-15(2)28-23(26)19-8-6-18(7-9-19)22-14-17(5)30-25(31-22)21-12-10-20(11-13-21)24(27)29-16(3)4;;;;/h6-16H,1-5H3,(H2,26,28)(H2,27,29);3*1H;1H2. The van der Waals surface area contributed by atoms with E-state index < -0.39 is 0 Å². The van der Waals surface area contributed by atoms with E-state index >= 15 is 0 Å². The van der Waals surface area contributed by atoms with Gasteiger partial charge in [-0.2, -0.15) is 0 Å². The molecule has 0 atom stereocenters. The van der Waals surface area contributed by atoms with Crippen LogP contribution in [-0.4, -0.2) is 39.2 Å². The summed E-state index contributed by atoms with van der Waals surface area (Å²) in [5.74, 6) is 1.75. The van der Waals surface area contributed by atoms with Gasteiger partial charge >= 0.3 is 0 Å². The van der Waals surface area contributed by atoms with Gasteiger partial charge in [-0.25, -0.2) is 9.97 Å². The van der Waals surface area contributed by atoms with Crippen LogP contribution in [0.4, 0.5) is 0 Å². The van der Waals surface area contributed by atoms with E-state index in [9.17, 15) is 0 Å². The molecule has 0 saturated heterocycles. The number of nitrogens with zero attached hydrogens (tertiary/aromatic N) is 4. The zero-order valence-corrected chi connectivity index (χ0v) is 23.0. The molecule has 3 rings (SSSR count). The molecule has 3 aromatic rings. The van der Waals surface area contributed by atoms with Gasteiger partial charge < -0.3 is 16.9 Å². The first-order chi connectivity index (χ1) is 14.7. The van der Waals surface area contributed by atoms with E-state index in [0.29, 0.717) is 17.5 Å². The Hall–Kier alpha value is -2.71. The Balaban J connectivity index is 0. The van der Waals surface area contributed by atoms with Crippen molar-refractivity contribution in [2.24, 2.45) is 21.5 Å². The Bertz CT molecular complexity index is 1030. The van der Waals surface area contributed by atoms with Crippen LogP contribution in [0.15, 0.2) is 64.6 Å². The van der Waals surface area contributed by atoms with Crippen molar-refractivity contribution in [2.45, 2.75) is 46.7 Å². The predicted molar refractivity (Wildman–Crippen MR) is 155 cm³/mol. The molecule has 0 radical (unpaired) electrons. The Kier molecular flexibility index (Phi) is 15.1. The smallest absolute Gasteiger partial charge is 0.160 e. The van der Waals surface area contributed by atoms with E-state index in [4.69, 9.17) is 16.5 Å². The number of hydrogen-bond donors (Lipinski definition) is 2. The van der Waals surface area contributed by atoms with E-state index in [1.165, 1.54) is 0 Å². The Morgan fingerprint density at radius 3 is 1.49 bits per heavy atom. The van der Waals surface area contributed by atoms with E-state index in [1.54, 1.807) is 0 Å². The van der Waals surface area contributed by atoms with E-state index in [2.05, 4.69) is 15.0 Å². The molecule has 1 aromatic heterocycles. The topological polar surface area (TPSA) is 134 Å². The molecule has 1 heterocycles. The minimum atomic E-state index is 0. The summed E-state index contributed by atoms with van der Waals surface area (Å²) in [5, 5.41) is 0. The summed E-state index contributed by atoms with van der Waals surface area (Å²) < 4.78 is 0. The first kappa shape index (κ1) is 34.5. The van der Waals surface area contributed by atoms with Crippen molar-refractivity contribution >= 4 is 48.9 Å². The van der Waals surface area contributed by atoms with Gasteiger partial charge in [0.05, 0.1) is 5.69 Å². The highest BCUT2D eigenvalue weighted by Gasteiger charge is 2.09. The molecule has 0 amide bonds. The fraction of sp³-hybridized carbons (Fsp3) is 0.280. The second-order valence-electron chi connectivity index (χ2n) is 8.09. The maximum absolute atomic E-state index is 6.08. The van der Waals surface area contributed by atoms with Crippen LogP contribution in [0.25, 0.3) is 22.6 Å². The first-order valence-electron chi connectivity index (χ1n) is 10.5. The van der Waals surface area contributed by atoms with E-state index in [1.807, 2.05) is 89.2 Å². The molecular weight excluding hydrogens is 507 g/mol. The summed E-state index contributed by atoms with van der Waals surface area (Å²) in [6.07, 6.45) is 0. The van der Waals surface area contributed by atoms with Gasteiger partial charge in [0.2, 0.25) is 0 Å². The molecule has 0 aliphatic heterocycles. The summed E-state index contributed by atoms with van der Waals surface area (Å²) in [6, 6.07) is 18.1. The van der Waals surface area contributed by atoms with Gasteiger partial charge in [-0.3, -0.25) is 9.98 Å². The molecule has 0 unspecified atom stereocenters. The van der Waals surface area contributed by atoms with Crippen LogP contribution in [0.3, 0.4) is 0 Å². The minimum Gasteiger partial charge on any atom is -0.412 e. The fourth-order valence-electron chi connectivity index (χ4n) is 3.15. The highest BCUT2D eigenvalue weighted by atomic mass is 35.5. The molecule has 6 N–H and O–H groups in total. The van der Waals surface area contributed by atoms with Crippen molar-refractivity contribution in [1.82, 2.24) is 9.97 Å². The first-order valence-corrected chi connectivity index (χ1v) is 10.5. The van der Waals surface area contributed by atoms with Crippen LogP contribution in [0.5, 0.6) is 0 Å². The van der Waals surface area contributed by atoms with Gasteiger partial charge in [-0.05, 0) is 40.7 Å². The SMILES string of the molecule is Cc1cc(-c2ccc(C(N)=NC(C)C)cc2)nc(-c2ccc(C(N)=NC(C)C)cc2)n1.Cl.Cl.Cl.O. The molecular formula is C25H35Cl3N6O. The van der Waals surface area contributed by atoms with Gasteiger partial charge in [0, 0.05) is 40.0 Å². The van der Waals surface area contributed by atoms with Crippen molar-refractivity contribution in [3.8, 4) is 22.6 Å². The lowest BCUT2D eigenvalue weighted by molar-refractivity contribution is 0.824. The number of amidine groups is 2. The van der Waals surface area contributed by atoms with Gasteiger partial charge in [-0.15, -0.1) is 37.2 Å². The number of aromatic nitrogens is 2. The molecule has 35 heavy (non-hydrogen) atoms. The third-order valence-electron chi connectivity index (χ3n) is 4.56. The quantitative estimate of drug-likeness (QED) is 0.343. The van der Waals surface area contributed by atoms with E-state index in [-0.39, 0.29) is 54.8 Å². The second kappa shape index (κ2) is 15.3. The number of aryl methyl sites for hydroxylation is 1. The van der Waals surface area contributed by atoms with Crippen molar-refractivity contribution in [3.63, 3.8) is 0 Å². The number of aliphatic imine (C=N–C) groups is 2. The van der Waals surface area contributed by atoms with Crippen molar-refractivity contribution in [2.75, 3.05) is 0 Å². The summed E-state index contributed by atoms with van der Waals surface area (Å²) in [5.41, 5.74) is 17.6. The number of hydrogen-bond acceptors (Lipinski definition) is 4. The van der Waals surface area contributed by atoms with Crippen LogP contribution in [0.1, 0.15) is 44.5 Å². The average Bonchev–Trinajstić information content (AvgIpc) is 2.72. The maximum Gasteiger partial charge on any atom is 0.160 e. The van der Waals surface area contributed by atoms with E-state index in [0.717, 1.165) is 33.6 Å². The largest absolute Gasteiger partial charge is 0.412 e.